The maximum absolute atomic E-state index is 12.5. The molecule has 2 amide bonds. The molecule has 122 valence electrons. The number of hydrogen-bond acceptors (Lipinski definition) is 3. The molecule has 6 nitrogen and oxygen atoms in total. The molecule has 0 aromatic heterocycles. The normalized spacial score (nSPS) is 22.4. The number of likely N-dealkylation sites (tertiary alicyclic amines) is 1. The van der Waals surface area contributed by atoms with Crippen molar-refractivity contribution in [1.82, 2.24) is 14.7 Å². The Morgan fingerprint density at radius 3 is 2.43 bits per heavy atom. The lowest BCUT2D eigenvalue weighted by molar-refractivity contribution is -0.144. The second-order valence-electron chi connectivity index (χ2n) is 6.21. The number of carbonyl (C=O) groups is 2. The Labute approximate surface area is 127 Å². The van der Waals surface area contributed by atoms with E-state index in [1.165, 1.54) is 4.90 Å². The third-order valence-electron chi connectivity index (χ3n) is 4.24. The fraction of sp³-hybridized carbons (Fsp3) is 0.867. The minimum absolute atomic E-state index is 0.157. The average Bonchev–Trinajstić information content (AvgIpc) is 2.45. The zero-order chi connectivity index (χ0) is 16.0. The Bertz CT molecular complexity index is 360. The zero-order valence-corrected chi connectivity index (χ0v) is 13.7. The first-order chi connectivity index (χ1) is 9.86. The summed E-state index contributed by atoms with van der Waals surface area (Å²) in [7, 11) is 5.75. The van der Waals surface area contributed by atoms with E-state index < -0.39 is 12.0 Å². The molecule has 1 aliphatic heterocycles. The Balaban J connectivity index is 2.59. The first-order valence-electron chi connectivity index (χ1n) is 7.76. The van der Waals surface area contributed by atoms with Gasteiger partial charge in [0.1, 0.15) is 6.04 Å². The predicted molar refractivity (Wildman–Crippen MR) is 82.3 cm³/mol. The quantitative estimate of drug-likeness (QED) is 0.808. The van der Waals surface area contributed by atoms with E-state index in [1.54, 1.807) is 11.9 Å². The van der Waals surface area contributed by atoms with Crippen LogP contribution in [0, 0.1) is 5.92 Å². The molecule has 2 atom stereocenters. The minimum atomic E-state index is -0.886. The van der Waals surface area contributed by atoms with Crippen molar-refractivity contribution >= 4 is 12.0 Å². The standard InChI is InChI=1S/C15H29N3O3/c1-5-12-7-10-18(13(11-12)14(19)20)15(21)17(4)9-6-8-16(2)3/h12-13H,5-11H2,1-4H3,(H,19,20). The average molecular weight is 299 g/mol. The summed E-state index contributed by atoms with van der Waals surface area (Å²) < 4.78 is 0. The van der Waals surface area contributed by atoms with Gasteiger partial charge in [0.25, 0.3) is 0 Å². The van der Waals surface area contributed by atoms with Crippen molar-refractivity contribution in [1.29, 1.82) is 0 Å². The predicted octanol–water partition coefficient (Wildman–Crippen LogP) is 1.57. The van der Waals surface area contributed by atoms with Crippen molar-refractivity contribution in [2.24, 2.45) is 5.92 Å². The largest absolute Gasteiger partial charge is 0.480 e. The maximum atomic E-state index is 12.5. The molecule has 0 aromatic carbocycles. The zero-order valence-electron chi connectivity index (χ0n) is 13.7. The molecule has 0 bridgehead atoms. The first kappa shape index (κ1) is 17.8. The van der Waals surface area contributed by atoms with Gasteiger partial charge in [0, 0.05) is 20.1 Å². The summed E-state index contributed by atoms with van der Waals surface area (Å²) in [5, 5.41) is 9.38. The van der Waals surface area contributed by atoms with Crippen molar-refractivity contribution < 1.29 is 14.7 Å². The molecule has 0 aromatic rings. The molecule has 0 spiro atoms. The molecular formula is C15H29N3O3. The lowest BCUT2D eigenvalue weighted by Gasteiger charge is -2.39. The van der Waals surface area contributed by atoms with Gasteiger partial charge in [0.05, 0.1) is 0 Å². The number of nitrogens with zero attached hydrogens (tertiary/aromatic N) is 3. The summed E-state index contributed by atoms with van der Waals surface area (Å²) in [6, 6.07) is -0.830. The van der Waals surface area contributed by atoms with Crippen LogP contribution in [0.4, 0.5) is 4.79 Å². The van der Waals surface area contributed by atoms with Crippen LogP contribution in [0.5, 0.6) is 0 Å². The summed E-state index contributed by atoms with van der Waals surface area (Å²) in [5.74, 6) is -0.475. The Hall–Kier alpha value is -1.30. The highest BCUT2D eigenvalue weighted by Crippen LogP contribution is 2.26. The Morgan fingerprint density at radius 1 is 1.24 bits per heavy atom. The molecule has 21 heavy (non-hydrogen) atoms. The highest BCUT2D eigenvalue weighted by atomic mass is 16.4. The number of urea groups is 1. The second-order valence-corrected chi connectivity index (χ2v) is 6.21. The van der Waals surface area contributed by atoms with Crippen LogP contribution in [0.25, 0.3) is 0 Å². The maximum Gasteiger partial charge on any atom is 0.326 e. The lowest BCUT2D eigenvalue weighted by atomic mass is 9.89. The molecule has 1 rings (SSSR count). The molecule has 0 aliphatic carbocycles. The van der Waals surface area contributed by atoms with Gasteiger partial charge in [0.2, 0.25) is 0 Å². The molecular weight excluding hydrogens is 270 g/mol. The smallest absolute Gasteiger partial charge is 0.326 e. The number of carboxylic acids is 1. The number of piperidine rings is 1. The minimum Gasteiger partial charge on any atom is -0.480 e. The fourth-order valence-corrected chi connectivity index (χ4v) is 2.81. The Kier molecular flexibility index (Phi) is 6.95. The second kappa shape index (κ2) is 8.22. The fourth-order valence-electron chi connectivity index (χ4n) is 2.81. The van der Waals surface area contributed by atoms with Crippen molar-refractivity contribution in [3.63, 3.8) is 0 Å². The van der Waals surface area contributed by atoms with E-state index in [1.807, 2.05) is 14.1 Å². The van der Waals surface area contributed by atoms with Crippen molar-refractivity contribution in [2.75, 3.05) is 40.8 Å². The number of hydrogen-bond donors (Lipinski definition) is 1. The molecule has 1 N–H and O–H groups in total. The van der Waals surface area contributed by atoms with Gasteiger partial charge >= 0.3 is 12.0 Å². The van der Waals surface area contributed by atoms with Gasteiger partial charge in [-0.05, 0) is 45.8 Å². The van der Waals surface area contributed by atoms with Gasteiger partial charge in [-0.1, -0.05) is 13.3 Å². The number of aliphatic carboxylic acids is 1. The molecule has 1 fully saturated rings. The molecule has 0 radical (unpaired) electrons. The third-order valence-corrected chi connectivity index (χ3v) is 4.24. The molecule has 1 saturated heterocycles. The summed E-state index contributed by atoms with van der Waals surface area (Å²) >= 11 is 0. The molecule has 6 heteroatoms. The van der Waals surface area contributed by atoms with Gasteiger partial charge < -0.3 is 19.8 Å². The van der Waals surface area contributed by atoms with E-state index in [9.17, 15) is 14.7 Å². The van der Waals surface area contributed by atoms with E-state index in [2.05, 4.69) is 11.8 Å². The van der Waals surface area contributed by atoms with Gasteiger partial charge in [-0.15, -0.1) is 0 Å². The summed E-state index contributed by atoms with van der Waals surface area (Å²) in [4.78, 5) is 29.1. The number of carbonyl (C=O) groups excluding carboxylic acids is 1. The summed E-state index contributed by atoms with van der Waals surface area (Å²) in [6.45, 7) is 4.19. The number of rotatable bonds is 6. The van der Waals surface area contributed by atoms with Crippen LogP contribution in [0.1, 0.15) is 32.6 Å². The van der Waals surface area contributed by atoms with E-state index in [0.717, 1.165) is 25.8 Å². The van der Waals surface area contributed by atoms with Crippen LogP contribution >= 0.6 is 0 Å². The van der Waals surface area contributed by atoms with Crippen molar-refractivity contribution in [3.05, 3.63) is 0 Å². The number of amides is 2. The highest BCUT2D eigenvalue weighted by molar-refractivity contribution is 5.82. The number of carboxylic acid groups (broad SMARTS) is 1. The van der Waals surface area contributed by atoms with E-state index in [0.29, 0.717) is 25.4 Å². The van der Waals surface area contributed by atoms with E-state index in [4.69, 9.17) is 0 Å². The third kappa shape index (κ3) is 5.19. The van der Waals surface area contributed by atoms with Crippen molar-refractivity contribution in [3.8, 4) is 0 Å². The summed E-state index contributed by atoms with van der Waals surface area (Å²) in [5.41, 5.74) is 0. The van der Waals surface area contributed by atoms with Gasteiger partial charge in [-0.3, -0.25) is 0 Å². The Morgan fingerprint density at radius 2 is 1.90 bits per heavy atom. The van der Waals surface area contributed by atoms with Crippen LogP contribution in [-0.4, -0.2) is 78.6 Å². The van der Waals surface area contributed by atoms with Crippen LogP contribution in [0.2, 0.25) is 0 Å². The van der Waals surface area contributed by atoms with E-state index >= 15 is 0 Å². The van der Waals surface area contributed by atoms with Gasteiger partial charge in [-0.2, -0.15) is 0 Å². The topological polar surface area (TPSA) is 64.1 Å². The molecule has 1 aliphatic rings. The van der Waals surface area contributed by atoms with Gasteiger partial charge in [0.15, 0.2) is 0 Å². The highest BCUT2D eigenvalue weighted by Gasteiger charge is 2.36. The van der Waals surface area contributed by atoms with Crippen LogP contribution in [0.15, 0.2) is 0 Å². The first-order valence-corrected chi connectivity index (χ1v) is 7.76. The van der Waals surface area contributed by atoms with Crippen LogP contribution < -0.4 is 0 Å². The molecule has 1 heterocycles. The van der Waals surface area contributed by atoms with Gasteiger partial charge in [-0.25, -0.2) is 9.59 Å². The van der Waals surface area contributed by atoms with E-state index in [-0.39, 0.29) is 6.03 Å². The van der Waals surface area contributed by atoms with Crippen molar-refractivity contribution in [2.45, 2.75) is 38.6 Å². The summed E-state index contributed by atoms with van der Waals surface area (Å²) in [6.07, 6.45) is 3.34. The lowest BCUT2D eigenvalue weighted by Crippen LogP contribution is -2.54. The monoisotopic (exact) mass is 299 g/mol. The SMILES string of the molecule is CCC1CCN(C(=O)N(C)CCCN(C)C)C(C(=O)O)C1. The molecule has 0 saturated carbocycles. The molecule has 2 unspecified atom stereocenters. The van der Waals surface area contributed by atoms with Crippen LogP contribution in [0.3, 0.4) is 0 Å². The van der Waals surface area contributed by atoms with Crippen LogP contribution in [-0.2, 0) is 4.79 Å².